The van der Waals surface area contributed by atoms with Gasteiger partial charge in [-0.05, 0) is 55.4 Å². The van der Waals surface area contributed by atoms with Crippen LogP contribution in [0.1, 0.15) is 64.4 Å². The number of carboxylic acid groups (broad SMARTS) is 1. The molecule has 1 saturated heterocycles. The second-order valence-electron chi connectivity index (χ2n) is 7.86. The molecule has 0 spiro atoms. The number of nitrogen functional groups attached to an aromatic ring is 1. The number of carboxylic acids is 1. The monoisotopic (exact) mass is 460 g/mol. The second-order valence-corrected chi connectivity index (χ2v) is 10.3. The summed E-state index contributed by atoms with van der Waals surface area (Å²) in [5.41, 5.74) is 8.16. The first-order valence-electron chi connectivity index (χ1n) is 9.84. The highest BCUT2D eigenvalue weighted by atomic mass is 32.2. The zero-order valence-corrected chi connectivity index (χ0v) is 18.4. The highest BCUT2D eigenvalue weighted by Gasteiger charge is 2.40. The maximum atomic E-state index is 12.7. The summed E-state index contributed by atoms with van der Waals surface area (Å²) < 4.78 is 7.95. The minimum Gasteiger partial charge on any atom is -0.478 e. The minimum atomic E-state index is -0.942. The molecule has 1 saturated carbocycles. The number of ether oxygens (including phenoxy) is 1. The molecule has 31 heavy (non-hydrogen) atoms. The summed E-state index contributed by atoms with van der Waals surface area (Å²) in [6.45, 7) is 3.80. The van der Waals surface area contributed by atoms with Crippen molar-refractivity contribution in [1.29, 1.82) is 0 Å². The number of hydrogen-bond acceptors (Lipinski definition) is 8. The Hall–Kier alpha value is -2.63. The molecule has 1 aliphatic carbocycles. The number of rotatable bonds is 4. The van der Waals surface area contributed by atoms with Crippen molar-refractivity contribution < 1.29 is 14.6 Å². The predicted octanol–water partition coefficient (Wildman–Crippen LogP) is 2.96. The van der Waals surface area contributed by atoms with Crippen molar-refractivity contribution in [3.8, 4) is 0 Å². The zero-order valence-electron chi connectivity index (χ0n) is 16.7. The number of nitrogens with zero attached hydrogens (tertiary/aromatic N) is 2. The van der Waals surface area contributed by atoms with Crippen LogP contribution in [0.3, 0.4) is 0 Å². The lowest BCUT2D eigenvalue weighted by Crippen LogP contribution is -2.25. The first-order chi connectivity index (χ1) is 14.8. The molecule has 1 aliphatic heterocycles. The van der Waals surface area contributed by atoms with Gasteiger partial charge in [0, 0.05) is 0 Å². The number of aromatic carboxylic acids is 1. The number of aromatic amines is 1. The molecule has 3 aromatic rings. The van der Waals surface area contributed by atoms with Crippen LogP contribution >= 0.6 is 23.1 Å². The largest absolute Gasteiger partial charge is 0.478 e. The van der Waals surface area contributed by atoms with Gasteiger partial charge in [-0.15, -0.1) is 11.8 Å². The van der Waals surface area contributed by atoms with Crippen LogP contribution in [0.2, 0.25) is 0 Å². The van der Waals surface area contributed by atoms with E-state index in [9.17, 15) is 19.5 Å². The van der Waals surface area contributed by atoms with Gasteiger partial charge in [0.15, 0.2) is 11.9 Å². The molecular weight excluding hydrogens is 440 g/mol. The lowest BCUT2D eigenvalue weighted by molar-refractivity contribution is 0.00672. The maximum Gasteiger partial charge on any atom is 0.335 e. The predicted molar refractivity (Wildman–Crippen MR) is 119 cm³/mol. The van der Waals surface area contributed by atoms with Crippen LogP contribution < -0.4 is 16.2 Å². The molecular formula is C20H20N4O5S2. The number of nitrogens with one attached hydrogen (secondary N) is 1. The van der Waals surface area contributed by atoms with E-state index in [4.69, 9.17) is 10.5 Å². The van der Waals surface area contributed by atoms with E-state index in [1.54, 1.807) is 17.8 Å². The van der Waals surface area contributed by atoms with Crippen LogP contribution in [0.5, 0.6) is 0 Å². The van der Waals surface area contributed by atoms with Crippen molar-refractivity contribution in [3.63, 3.8) is 0 Å². The average molecular weight is 461 g/mol. The number of nitrogens with two attached hydrogens (primary N) is 1. The first-order valence-corrected chi connectivity index (χ1v) is 11.6. The maximum absolute atomic E-state index is 12.7. The molecule has 1 aromatic carbocycles. The van der Waals surface area contributed by atoms with Gasteiger partial charge in [0.2, 0.25) is 5.95 Å². The Morgan fingerprint density at radius 2 is 2.10 bits per heavy atom. The Labute approximate surface area is 184 Å². The number of benzene rings is 1. The third-order valence-electron chi connectivity index (χ3n) is 5.77. The van der Waals surface area contributed by atoms with E-state index in [1.165, 1.54) is 4.57 Å². The van der Waals surface area contributed by atoms with Crippen molar-refractivity contribution in [2.45, 2.75) is 49.5 Å². The number of hydrogen-bond donors (Lipinski definition) is 3. The Bertz CT molecular complexity index is 1340. The fourth-order valence-electron chi connectivity index (χ4n) is 4.22. The molecule has 0 radical (unpaired) electrons. The summed E-state index contributed by atoms with van der Waals surface area (Å²) in [6.07, 6.45) is 1.42. The van der Waals surface area contributed by atoms with E-state index in [2.05, 4.69) is 9.97 Å². The topological polar surface area (TPSA) is 140 Å². The average Bonchev–Trinajstić information content (AvgIpc) is 3.38. The van der Waals surface area contributed by atoms with Crippen LogP contribution in [0.25, 0.3) is 10.3 Å². The van der Waals surface area contributed by atoms with Gasteiger partial charge in [0.1, 0.15) is 10.1 Å². The Kier molecular flexibility index (Phi) is 4.72. The highest BCUT2D eigenvalue weighted by molar-refractivity contribution is 8.00. The SMILES string of the molecule is Cc1c(C(=O)O)ccc([C@H]2OC(n3c(=O)sc4c(=O)[nH]c(N)nc43)[C@H](C)S2)c1C1CC1. The van der Waals surface area contributed by atoms with E-state index in [0.717, 1.165) is 40.9 Å². The van der Waals surface area contributed by atoms with E-state index in [-0.39, 0.29) is 31.9 Å². The number of aromatic nitrogens is 3. The molecule has 3 heterocycles. The number of H-pyrrole nitrogens is 1. The van der Waals surface area contributed by atoms with Crippen LogP contribution in [-0.2, 0) is 4.74 Å². The zero-order chi connectivity index (χ0) is 22.0. The first kappa shape index (κ1) is 20.3. The van der Waals surface area contributed by atoms with Crippen LogP contribution in [0.4, 0.5) is 5.95 Å². The second kappa shape index (κ2) is 7.21. The smallest absolute Gasteiger partial charge is 0.335 e. The van der Waals surface area contributed by atoms with Crippen molar-refractivity contribution in [2.24, 2.45) is 0 Å². The summed E-state index contributed by atoms with van der Waals surface area (Å²) >= 11 is 2.38. The van der Waals surface area contributed by atoms with Crippen LogP contribution in [0, 0.1) is 6.92 Å². The Balaban J connectivity index is 1.57. The van der Waals surface area contributed by atoms with E-state index >= 15 is 0 Å². The number of carbonyl (C=O) groups is 1. The van der Waals surface area contributed by atoms with Gasteiger partial charge < -0.3 is 15.6 Å². The molecule has 2 aromatic heterocycles. The Morgan fingerprint density at radius 1 is 1.35 bits per heavy atom. The van der Waals surface area contributed by atoms with Gasteiger partial charge in [0.05, 0.1) is 10.8 Å². The van der Waals surface area contributed by atoms with Crippen LogP contribution in [0.15, 0.2) is 21.7 Å². The molecule has 1 unspecified atom stereocenters. The third-order valence-corrected chi connectivity index (χ3v) is 7.99. The summed E-state index contributed by atoms with van der Waals surface area (Å²) in [5.74, 6) is -0.672. The minimum absolute atomic E-state index is 0.0604. The molecule has 0 amide bonds. The Morgan fingerprint density at radius 3 is 2.77 bits per heavy atom. The summed E-state index contributed by atoms with van der Waals surface area (Å²) in [4.78, 5) is 42.8. The fourth-order valence-corrected chi connectivity index (χ4v) is 6.30. The molecule has 3 atom stereocenters. The molecule has 2 aliphatic rings. The number of thioether (sulfide) groups is 1. The van der Waals surface area contributed by atoms with Gasteiger partial charge in [-0.25, -0.2) is 4.79 Å². The van der Waals surface area contributed by atoms with E-state index in [1.807, 2.05) is 19.9 Å². The lowest BCUT2D eigenvalue weighted by Gasteiger charge is -2.19. The quantitative estimate of drug-likeness (QED) is 0.540. The summed E-state index contributed by atoms with van der Waals surface area (Å²) in [5, 5.41) is 9.41. The molecule has 9 nitrogen and oxygen atoms in total. The summed E-state index contributed by atoms with van der Waals surface area (Å²) in [7, 11) is 0. The van der Waals surface area contributed by atoms with E-state index < -0.39 is 17.8 Å². The normalized spacial score (nSPS) is 23.5. The molecule has 11 heteroatoms. The van der Waals surface area contributed by atoms with Gasteiger partial charge in [0.25, 0.3) is 5.56 Å². The van der Waals surface area contributed by atoms with Gasteiger partial charge in [-0.2, -0.15) is 4.98 Å². The standard InChI is InChI=1S/C20H20N4O5S2/c1-7-10(17(26)27)5-6-11(12(7)9-3-4-9)18-29-16(8(2)30-18)24-14-13(31-20(24)28)15(25)23-19(21)22-14/h5-6,8-9,16,18H,3-4H2,1-2H3,(H,26,27)(H3,21,22,23,25)/t8-,16?,18-/m0/s1. The molecule has 5 rings (SSSR count). The van der Waals surface area contributed by atoms with Crippen molar-refractivity contribution in [1.82, 2.24) is 14.5 Å². The van der Waals surface area contributed by atoms with Crippen molar-refractivity contribution >= 4 is 45.4 Å². The molecule has 4 N–H and O–H groups in total. The van der Waals surface area contributed by atoms with E-state index in [0.29, 0.717) is 11.5 Å². The fraction of sp³-hybridized carbons (Fsp3) is 0.400. The number of fused-ring (bicyclic) bond motifs is 1. The number of anilines is 1. The van der Waals surface area contributed by atoms with Crippen molar-refractivity contribution in [3.05, 3.63) is 54.4 Å². The number of thiazole rings is 1. The highest BCUT2D eigenvalue weighted by Crippen LogP contribution is 2.53. The third kappa shape index (κ3) is 3.27. The van der Waals surface area contributed by atoms with Crippen LogP contribution in [-0.4, -0.2) is 30.9 Å². The van der Waals surface area contributed by atoms with Crippen molar-refractivity contribution in [2.75, 3.05) is 5.73 Å². The molecule has 162 valence electrons. The summed E-state index contributed by atoms with van der Waals surface area (Å²) in [6, 6.07) is 3.45. The van der Waals surface area contributed by atoms with Gasteiger partial charge in [-0.1, -0.05) is 17.4 Å². The van der Waals surface area contributed by atoms with Gasteiger partial charge >= 0.3 is 10.8 Å². The molecule has 0 bridgehead atoms. The molecule has 2 fully saturated rings. The lowest BCUT2D eigenvalue weighted by atomic mass is 9.93. The van der Waals surface area contributed by atoms with Gasteiger partial charge in [-0.3, -0.25) is 19.1 Å².